The van der Waals surface area contributed by atoms with Crippen molar-refractivity contribution in [3.8, 4) is 0 Å². The van der Waals surface area contributed by atoms with Crippen LogP contribution in [0.3, 0.4) is 0 Å². The highest BCUT2D eigenvalue weighted by Crippen LogP contribution is 2.07. The lowest BCUT2D eigenvalue weighted by Gasteiger charge is -2.21. The van der Waals surface area contributed by atoms with E-state index in [4.69, 9.17) is 5.73 Å². The summed E-state index contributed by atoms with van der Waals surface area (Å²) in [5.74, 6) is -2.19. The summed E-state index contributed by atoms with van der Waals surface area (Å²) in [6, 6.07) is 16.1. The minimum Gasteiger partial charge on any atom is -0.480 e. The van der Waals surface area contributed by atoms with Crippen LogP contribution in [0.4, 0.5) is 0 Å². The van der Waals surface area contributed by atoms with E-state index < -0.39 is 29.9 Å². The van der Waals surface area contributed by atoms with Crippen molar-refractivity contribution in [3.63, 3.8) is 0 Å². The van der Waals surface area contributed by atoms with Gasteiger partial charge >= 0.3 is 5.97 Å². The van der Waals surface area contributed by atoms with Crippen LogP contribution in [0.15, 0.2) is 60.7 Å². The van der Waals surface area contributed by atoms with Gasteiger partial charge in [-0.3, -0.25) is 9.59 Å². The lowest BCUT2D eigenvalue weighted by atomic mass is 10.0. The largest absolute Gasteiger partial charge is 0.480 e. The SMILES string of the molecule is NCC(=O)N[C@@H](Cc1ccccc1)C(=O)N[C@H](Cc1ccccc1)C(=O)O. The van der Waals surface area contributed by atoms with Crippen LogP contribution < -0.4 is 16.4 Å². The summed E-state index contributed by atoms with van der Waals surface area (Å²) in [4.78, 5) is 35.9. The Labute approximate surface area is 157 Å². The fraction of sp³-hybridized carbons (Fsp3) is 0.250. The number of carboxylic acid groups (broad SMARTS) is 1. The first kappa shape index (κ1) is 20.1. The van der Waals surface area contributed by atoms with Crippen LogP contribution in [0.5, 0.6) is 0 Å². The van der Waals surface area contributed by atoms with Crippen LogP contribution >= 0.6 is 0 Å². The fourth-order valence-corrected chi connectivity index (χ4v) is 2.63. The van der Waals surface area contributed by atoms with Crippen LogP contribution in [-0.4, -0.2) is 41.5 Å². The lowest BCUT2D eigenvalue weighted by molar-refractivity contribution is -0.142. The molecule has 0 bridgehead atoms. The van der Waals surface area contributed by atoms with Crippen molar-refractivity contribution in [3.05, 3.63) is 71.8 Å². The minimum atomic E-state index is -1.14. The molecule has 0 aliphatic heterocycles. The van der Waals surface area contributed by atoms with Crippen molar-refractivity contribution in [1.82, 2.24) is 10.6 Å². The van der Waals surface area contributed by atoms with Gasteiger partial charge in [-0.15, -0.1) is 0 Å². The molecule has 2 rings (SSSR count). The number of rotatable bonds is 9. The first-order valence-electron chi connectivity index (χ1n) is 8.60. The summed E-state index contributed by atoms with van der Waals surface area (Å²) in [7, 11) is 0. The first-order valence-corrected chi connectivity index (χ1v) is 8.60. The molecule has 7 nitrogen and oxygen atoms in total. The average molecular weight is 369 g/mol. The van der Waals surface area contributed by atoms with E-state index in [0.29, 0.717) is 0 Å². The number of hydrogen-bond acceptors (Lipinski definition) is 4. The number of carboxylic acids is 1. The fourth-order valence-electron chi connectivity index (χ4n) is 2.63. The van der Waals surface area contributed by atoms with Crippen LogP contribution in [0, 0.1) is 0 Å². The van der Waals surface area contributed by atoms with Gasteiger partial charge in [0, 0.05) is 12.8 Å². The highest BCUT2D eigenvalue weighted by atomic mass is 16.4. The molecule has 2 aromatic carbocycles. The zero-order valence-electron chi connectivity index (χ0n) is 14.8. The minimum absolute atomic E-state index is 0.144. The Morgan fingerprint density at radius 3 is 1.74 bits per heavy atom. The van der Waals surface area contributed by atoms with E-state index >= 15 is 0 Å². The van der Waals surface area contributed by atoms with Gasteiger partial charge < -0.3 is 21.5 Å². The number of carbonyl (C=O) groups is 3. The number of hydrogen-bond donors (Lipinski definition) is 4. The lowest BCUT2D eigenvalue weighted by Crippen LogP contribution is -2.53. The van der Waals surface area contributed by atoms with E-state index in [1.807, 2.05) is 36.4 Å². The molecule has 0 unspecified atom stereocenters. The molecule has 0 aliphatic carbocycles. The van der Waals surface area contributed by atoms with Crippen LogP contribution in [-0.2, 0) is 27.2 Å². The zero-order chi connectivity index (χ0) is 19.6. The van der Waals surface area contributed by atoms with Gasteiger partial charge in [0.1, 0.15) is 12.1 Å². The highest BCUT2D eigenvalue weighted by Gasteiger charge is 2.26. The van der Waals surface area contributed by atoms with Gasteiger partial charge in [0.05, 0.1) is 6.54 Å². The average Bonchev–Trinajstić information content (AvgIpc) is 2.68. The Kier molecular flexibility index (Phi) is 7.51. The number of benzene rings is 2. The van der Waals surface area contributed by atoms with Crippen molar-refractivity contribution < 1.29 is 19.5 Å². The van der Waals surface area contributed by atoms with Gasteiger partial charge in [0.25, 0.3) is 0 Å². The molecule has 0 saturated heterocycles. The van der Waals surface area contributed by atoms with E-state index in [1.165, 1.54) is 0 Å². The molecule has 2 amide bonds. The highest BCUT2D eigenvalue weighted by molar-refractivity contribution is 5.91. The molecule has 0 spiro atoms. The number of carbonyl (C=O) groups excluding carboxylic acids is 2. The number of nitrogens with two attached hydrogens (primary N) is 1. The molecule has 0 aromatic heterocycles. The van der Waals surface area contributed by atoms with Gasteiger partial charge in [-0.05, 0) is 11.1 Å². The van der Waals surface area contributed by atoms with Crippen molar-refractivity contribution in [2.45, 2.75) is 24.9 Å². The molecule has 7 heteroatoms. The second-order valence-corrected chi connectivity index (χ2v) is 6.10. The van der Waals surface area contributed by atoms with Crippen LogP contribution in [0.1, 0.15) is 11.1 Å². The van der Waals surface area contributed by atoms with Crippen molar-refractivity contribution in [2.75, 3.05) is 6.54 Å². The zero-order valence-corrected chi connectivity index (χ0v) is 14.8. The van der Waals surface area contributed by atoms with Gasteiger partial charge in [-0.1, -0.05) is 60.7 Å². The molecule has 5 N–H and O–H groups in total. The number of aliphatic carboxylic acids is 1. The predicted molar refractivity (Wildman–Crippen MR) is 101 cm³/mol. The molecule has 2 aromatic rings. The maximum absolute atomic E-state index is 12.7. The van der Waals surface area contributed by atoms with Crippen molar-refractivity contribution >= 4 is 17.8 Å². The molecule has 0 radical (unpaired) electrons. The van der Waals surface area contributed by atoms with E-state index in [2.05, 4.69) is 10.6 Å². The Morgan fingerprint density at radius 2 is 1.30 bits per heavy atom. The van der Waals surface area contributed by atoms with Gasteiger partial charge in [0.15, 0.2) is 0 Å². The van der Waals surface area contributed by atoms with Gasteiger partial charge in [-0.25, -0.2) is 4.79 Å². The Bertz CT molecular complexity index is 765. The third-order valence-corrected chi connectivity index (χ3v) is 4.02. The second kappa shape index (κ2) is 10.1. The van der Waals surface area contributed by atoms with E-state index in [0.717, 1.165) is 11.1 Å². The monoisotopic (exact) mass is 369 g/mol. The summed E-state index contributed by atoms with van der Waals surface area (Å²) in [6.45, 7) is -0.259. The van der Waals surface area contributed by atoms with E-state index in [-0.39, 0.29) is 19.4 Å². The smallest absolute Gasteiger partial charge is 0.326 e. The normalized spacial score (nSPS) is 12.6. The standard InChI is InChI=1S/C20H23N3O4/c21-13-18(24)22-16(11-14-7-3-1-4-8-14)19(25)23-17(20(26)27)12-15-9-5-2-6-10-15/h1-10,16-17H,11-13,21H2,(H,22,24)(H,23,25)(H,26,27)/t16-,17+/m0/s1. The predicted octanol–water partition coefficient (Wildman–Crippen LogP) is 0.485. The van der Waals surface area contributed by atoms with Crippen LogP contribution in [0.25, 0.3) is 0 Å². The summed E-state index contributed by atoms with van der Waals surface area (Å²) in [5.41, 5.74) is 6.95. The molecular weight excluding hydrogens is 346 g/mol. The summed E-state index contributed by atoms with van der Waals surface area (Å²) >= 11 is 0. The van der Waals surface area contributed by atoms with E-state index in [1.54, 1.807) is 24.3 Å². The summed E-state index contributed by atoms with van der Waals surface area (Å²) in [5, 5.41) is 14.5. The molecule has 2 atom stereocenters. The van der Waals surface area contributed by atoms with Gasteiger partial charge in [0.2, 0.25) is 11.8 Å². The molecular formula is C20H23N3O4. The molecule has 0 fully saturated rings. The third kappa shape index (κ3) is 6.56. The topological polar surface area (TPSA) is 122 Å². The van der Waals surface area contributed by atoms with E-state index in [9.17, 15) is 19.5 Å². The molecule has 27 heavy (non-hydrogen) atoms. The summed E-state index contributed by atoms with van der Waals surface area (Å²) in [6.07, 6.45) is 0.376. The first-order chi connectivity index (χ1) is 13.0. The second-order valence-electron chi connectivity index (χ2n) is 6.10. The molecule has 0 heterocycles. The maximum Gasteiger partial charge on any atom is 0.326 e. The van der Waals surface area contributed by atoms with Crippen molar-refractivity contribution in [2.24, 2.45) is 5.73 Å². The Morgan fingerprint density at radius 1 is 0.815 bits per heavy atom. The van der Waals surface area contributed by atoms with Crippen LogP contribution in [0.2, 0.25) is 0 Å². The quantitative estimate of drug-likeness (QED) is 0.512. The molecule has 0 aliphatic rings. The number of amides is 2. The van der Waals surface area contributed by atoms with Crippen molar-refractivity contribution in [1.29, 1.82) is 0 Å². The summed E-state index contributed by atoms with van der Waals surface area (Å²) < 4.78 is 0. The Balaban J connectivity index is 2.11. The third-order valence-electron chi connectivity index (χ3n) is 4.02. The molecule has 0 saturated carbocycles. The Hall–Kier alpha value is -3.19. The van der Waals surface area contributed by atoms with Gasteiger partial charge in [-0.2, -0.15) is 0 Å². The maximum atomic E-state index is 12.7. The molecule has 142 valence electrons. The number of nitrogens with one attached hydrogen (secondary N) is 2.